The molecular weight excluding hydrogens is 696 g/mol. The Labute approximate surface area is 319 Å². The normalized spacial score (nSPS) is 10.6. The monoisotopic (exact) mass is 756 g/mol. The van der Waals surface area contributed by atoms with Gasteiger partial charge in [0.15, 0.2) is 0 Å². The summed E-state index contributed by atoms with van der Waals surface area (Å²) in [5, 5.41) is 36.2. The number of carbonyl (C=O) groups excluding carboxylic acids is 2. The van der Waals surface area contributed by atoms with E-state index in [1.165, 1.54) is 108 Å². The minimum Gasteiger partial charge on any atom is -0.478 e. The third-order valence-corrected chi connectivity index (χ3v) is 8.90. The van der Waals surface area contributed by atoms with Gasteiger partial charge in [0.25, 0.3) is 0 Å². The third kappa shape index (κ3) is 19.9. The quantitative estimate of drug-likeness (QED) is 0.0473. The van der Waals surface area contributed by atoms with Crippen LogP contribution < -0.4 is 0 Å². The minimum absolute atomic E-state index is 0.122. The first kappa shape index (κ1) is 47.3. The number of hydrogen-bond donors (Lipinski definition) is 4. The van der Waals surface area contributed by atoms with Gasteiger partial charge >= 0.3 is 35.8 Å². The van der Waals surface area contributed by atoms with Gasteiger partial charge in [0.1, 0.15) is 0 Å². The minimum atomic E-state index is -1.36. The summed E-state index contributed by atoms with van der Waals surface area (Å²) in [6.07, 6.45) is 23.6. The first-order valence-corrected chi connectivity index (χ1v) is 19.5. The van der Waals surface area contributed by atoms with Crippen molar-refractivity contribution in [3.8, 4) is 0 Å². The summed E-state index contributed by atoms with van der Waals surface area (Å²) in [6.45, 7) is 4.84. The molecule has 300 valence electrons. The molecule has 0 spiro atoms. The fourth-order valence-electron chi connectivity index (χ4n) is 5.73. The number of benzene rings is 2. The third-order valence-electron chi connectivity index (χ3n) is 8.90. The van der Waals surface area contributed by atoms with Gasteiger partial charge in [0, 0.05) is 0 Å². The van der Waals surface area contributed by atoms with Crippen molar-refractivity contribution in [3.63, 3.8) is 0 Å². The molecule has 0 bridgehead atoms. The van der Waals surface area contributed by atoms with Gasteiger partial charge in [-0.25, -0.2) is 28.8 Å². The molecule has 12 nitrogen and oxygen atoms in total. The molecule has 2 aromatic carbocycles. The Kier molecular flexibility index (Phi) is 25.1. The summed E-state index contributed by atoms with van der Waals surface area (Å²) >= 11 is 0. The van der Waals surface area contributed by atoms with Crippen molar-refractivity contribution < 1.29 is 58.7 Å². The lowest BCUT2D eigenvalue weighted by atomic mass is 10.0. The van der Waals surface area contributed by atoms with Crippen LogP contribution in [0.4, 0.5) is 0 Å². The molecule has 0 aliphatic heterocycles. The Hall–Kier alpha value is -4.74. The van der Waals surface area contributed by atoms with Crippen LogP contribution in [0.2, 0.25) is 0 Å². The van der Waals surface area contributed by atoms with Crippen molar-refractivity contribution in [2.45, 2.75) is 142 Å². The number of carboxylic acids is 4. The summed E-state index contributed by atoms with van der Waals surface area (Å²) in [6, 6.07) is 6.71. The SMILES string of the molecule is CCCCCCCCCCCCCCCCOC(=O)c1ccc(C(=O)O)cc1C(=O)O.CCCCCCCCOC(=O)c1ccc(C(=O)O)cc1C(=O)O. The van der Waals surface area contributed by atoms with Gasteiger partial charge in [-0.15, -0.1) is 0 Å². The van der Waals surface area contributed by atoms with Gasteiger partial charge in [0.05, 0.1) is 46.6 Å². The maximum atomic E-state index is 12.2. The van der Waals surface area contributed by atoms with E-state index in [4.69, 9.17) is 24.8 Å². The molecule has 12 heteroatoms. The van der Waals surface area contributed by atoms with Gasteiger partial charge in [-0.3, -0.25) is 0 Å². The van der Waals surface area contributed by atoms with Gasteiger partial charge in [0.2, 0.25) is 0 Å². The average molecular weight is 757 g/mol. The zero-order chi connectivity index (χ0) is 40.1. The van der Waals surface area contributed by atoms with E-state index in [1.807, 2.05) is 0 Å². The molecule has 0 radical (unpaired) electrons. The second-order valence-corrected chi connectivity index (χ2v) is 13.4. The summed E-state index contributed by atoms with van der Waals surface area (Å²) < 4.78 is 10.3. The Morgan fingerprint density at radius 3 is 0.926 bits per heavy atom. The fourth-order valence-corrected chi connectivity index (χ4v) is 5.73. The molecule has 0 saturated carbocycles. The zero-order valence-electron chi connectivity index (χ0n) is 32.1. The first-order valence-electron chi connectivity index (χ1n) is 19.5. The van der Waals surface area contributed by atoms with Crippen LogP contribution in [0.1, 0.15) is 204 Å². The molecule has 0 aliphatic carbocycles. The van der Waals surface area contributed by atoms with Crippen molar-refractivity contribution in [2.24, 2.45) is 0 Å². The standard InChI is InChI=1S/C25H38O6.C17H22O6/c1-2-3-4-5-6-7-8-9-10-11-12-13-14-15-18-31-25(30)21-17-16-20(23(26)27)19-22(21)24(28)29;1-2-3-4-5-6-7-10-23-17(22)13-9-8-12(15(18)19)11-14(13)16(20)21/h16-17,19H,2-15,18H2,1H3,(H,26,27)(H,28,29);8-9,11H,2-7,10H2,1H3,(H,18,19)(H,20,21). The summed E-state index contributed by atoms with van der Waals surface area (Å²) in [4.78, 5) is 68.4. The molecule has 4 N–H and O–H groups in total. The van der Waals surface area contributed by atoms with E-state index >= 15 is 0 Å². The second kappa shape index (κ2) is 28.7. The molecule has 0 heterocycles. The van der Waals surface area contributed by atoms with Gasteiger partial charge < -0.3 is 29.9 Å². The molecular formula is C42H60O12. The number of carboxylic acid groups (broad SMARTS) is 4. The van der Waals surface area contributed by atoms with Crippen molar-refractivity contribution in [1.82, 2.24) is 0 Å². The fraction of sp³-hybridized carbons (Fsp3) is 0.571. The lowest BCUT2D eigenvalue weighted by Crippen LogP contribution is -2.13. The second-order valence-electron chi connectivity index (χ2n) is 13.4. The highest BCUT2D eigenvalue weighted by Gasteiger charge is 2.21. The van der Waals surface area contributed by atoms with Crippen LogP contribution in [0.15, 0.2) is 36.4 Å². The number of carbonyl (C=O) groups is 6. The topological polar surface area (TPSA) is 202 Å². The number of aromatic carboxylic acids is 4. The number of ether oxygens (including phenoxy) is 2. The van der Waals surface area contributed by atoms with Gasteiger partial charge in [-0.05, 0) is 49.2 Å². The van der Waals surface area contributed by atoms with E-state index in [9.17, 15) is 33.9 Å². The summed E-state index contributed by atoms with van der Waals surface area (Å²) in [5.74, 6) is -6.69. The van der Waals surface area contributed by atoms with E-state index in [0.29, 0.717) is 0 Å². The summed E-state index contributed by atoms with van der Waals surface area (Å²) in [7, 11) is 0. The highest BCUT2D eigenvalue weighted by atomic mass is 16.5. The van der Waals surface area contributed by atoms with Crippen molar-refractivity contribution in [1.29, 1.82) is 0 Å². The Morgan fingerprint density at radius 2 is 0.667 bits per heavy atom. The smallest absolute Gasteiger partial charge is 0.339 e. The lowest BCUT2D eigenvalue weighted by molar-refractivity contribution is 0.0481. The molecule has 54 heavy (non-hydrogen) atoms. The molecule has 0 aliphatic rings. The maximum Gasteiger partial charge on any atom is 0.339 e. The van der Waals surface area contributed by atoms with E-state index in [-0.39, 0.29) is 46.6 Å². The predicted molar refractivity (Wildman–Crippen MR) is 205 cm³/mol. The largest absolute Gasteiger partial charge is 0.478 e. The van der Waals surface area contributed by atoms with Crippen LogP contribution in [-0.4, -0.2) is 69.5 Å². The number of hydrogen-bond acceptors (Lipinski definition) is 8. The van der Waals surface area contributed by atoms with Crippen molar-refractivity contribution in [2.75, 3.05) is 13.2 Å². The van der Waals surface area contributed by atoms with Gasteiger partial charge in [-0.2, -0.15) is 0 Å². The van der Waals surface area contributed by atoms with E-state index in [0.717, 1.165) is 57.1 Å². The van der Waals surface area contributed by atoms with Crippen LogP contribution in [0.5, 0.6) is 0 Å². The molecule has 2 rings (SSSR count). The van der Waals surface area contributed by atoms with Crippen LogP contribution in [-0.2, 0) is 9.47 Å². The number of rotatable bonds is 28. The van der Waals surface area contributed by atoms with Crippen molar-refractivity contribution in [3.05, 3.63) is 69.8 Å². The number of esters is 2. The van der Waals surface area contributed by atoms with E-state index in [2.05, 4.69) is 13.8 Å². The molecule has 0 unspecified atom stereocenters. The summed E-state index contributed by atoms with van der Waals surface area (Å²) in [5.41, 5.74) is -1.34. The molecule has 0 aromatic heterocycles. The molecule has 0 amide bonds. The Balaban J connectivity index is 0.000000564. The molecule has 0 atom stereocenters. The van der Waals surface area contributed by atoms with Crippen LogP contribution in [0.25, 0.3) is 0 Å². The first-order chi connectivity index (χ1) is 25.9. The van der Waals surface area contributed by atoms with Gasteiger partial charge in [-0.1, -0.05) is 129 Å². The molecule has 0 saturated heterocycles. The molecule has 0 fully saturated rings. The van der Waals surface area contributed by atoms with E-state index in [1.54, 1.807) is 0 Å². The zero-order valence-corrected chi connectivity index (χ0v) is 32.1. The molecule has 2 aromatic rings. The average Bonchev–Trinajstić information content (AvgIpc) is 3.15. The number of unbranched alkanes of at least 4 members (excludes halogenated alkanes) is 18. The lowest BCUT2D eigenvalue weighted by Gasteiger charge is -2.08. The highest BCUT2D eigenvalue weighted by molar-refractivity contribution is 6.05. The highest BCUT2D eigenvalue weighted by Crippen LogP contribution is 2.17. The van der Waals surface area contributed by atoms with Crippen LogP contribution >= 0.6 is 0 Å². The Bertz CT molecular complexity index is 1470. The van der Waals surface area contributed by atoms with Crippen molar-refractivity contribution >= 4 is 35.8 Å². The predicted octanol–water partition coefficient (Wildman–Crippen LogP) is 10.3. The Morgan fingerprint density at radius 1 is 0.389 bits per heavy atom. The van der Waals surface area contributed by atoms with Crippen LogP contribution in [0.3, 0.4) is 0 Å². The van der Waals surface area contributed by atoms with Crippen LogP contribution in [0, 0.1) is 0 Å². The van der Waals surface area contributed by atoms with E-state index < -0.39 is 35.8 Å². The maximum absolute atomic E-state index is 12.2.